The van der Waals surface area contributed by atoms with Crippen LogP contribution in [0.1, 0.15) is 77.6 Å². The Hall–Kier alpha value is 0.170. The minimum atomic E-state index is -0.0504. The molecule has 4 fully saturated rings. The SMILES string of the molecule is CCOC(=O)CCCCC(S)CCSC12CC3CC(CC(C3)C1)C2. The molecule has 0 aromatic rings. The van der Waals surface area contributed by atoms with Crippen LogP contribution in [0, 0.1) is 17.8 Å². The molecular formula is C20H34O2S2. The normalized spacial score (nSPS) is 35.2. The van der Waals surface area contributed by atoms with E-state index in [0.29, 0.717) is 23.0 Å². The third-order valence-corrected chi connectivity index (χ3v) is 8.38. The molecule has 1 atom stereocenters. The number of carbonyl (C=O) groups is 1. The van der Waals surface area contributed by atoms with Crippen LogP contribution in [-0.4, -0.2) is 28.3 Å². The summed E-state index contributed by atoms with van der Waals surface area (Å²) in [6, 6.07) is 0. The fourth-order valence-corrected chi connectivity index (χ4v) is 8.03. The van der Waals surface area contributed by atoms with Crippen LogP contribution >= 0.6 is 24.4 Å². The summed E-state index contributed by atoms with van der Waals surface area (Å²) in [5.41, 5.74) is 0. The molecule has 4 heteroatoms. The molecule has 0 spiro atoms. The fourth-order valence-electron chi connectivity index (χ4n) is 5.65. The summed E-state index contributed by atoms with van der Waals surface area (Å²) < 4.78 is 5.61. The first-order chi connectivity index (χ1) is 11.6. The van der Waals surface area contributed by atoms with Crippen molar-refractivity contribution < 1.29 is 9.53 Å². The van der Waals surface area contributed by atoms with Gasteiger partial charge in [0.2, 0.25) is 0 Å². The van der Waals surface area contributed by atoms with Crippen molar-refractivity contribution in [2.24, 2.45) is 17.8 Å². The standard InChI is InChI=1S/C20H34O2S2/c1-2-22-19(21)6-4-3-5-18(23)7-8-24-20-12-15-9-16(13-20)11-17(10-15)14-20/h15-18,23H,2-14H2,1H3. The van der Waals surface area contributed by atoms with Gasteiger partial charge in [0, 0.05) is 16.4 Å². The Morgan fingerprint density at radius 3 is 2.33 bits per heavy atom. The monoisotopic (exact) mass is 370 g/mol. The fraction of sp³-hybridized carbons (Fsp3) is 0.950. The lowest BCUT2D eigenvalue weighted by molar-refractivity contribution is -0.143. The number of thioether (sulfide) groups is 1. The zero-order valence-electron chi connectivity index (χ0n) is 15.2. The van der Waals surface area contributed by atoms with E-state index in [2.05, 4.69) is 11.8 Å². The largest absolute Gasteiger partial charge is 0.466 e. The van der Waals surface area contributed by atoms with Gasteiger partial charge in [-0.15, -0.1) is 0 Å². The molecule has 138 valence electrons. The molecule has 0 radical (unpaired) electrons. The third-order valence-electron chi connectivity index (χ3n) is 6.31. The van der Waals surface area contributed by atoms with Gasteiger partial charge in [-0.25, -0.2) is 0 Å². The van der Waals surface area contributed by atoms with Gasteiger partial charge in [0.1, 0.15) is 0 Å². The van der Waals surface area contributed by atoms with Gasteiger partial charge in [0.15, 0.2) is 0 Å². The topological polar surface area (TPSA) is 26.3 Å². The molecule has 0 aromatic heterocycles. The smallest absolute Gasteiger partial charge is 0.305 e. The highest BCUT2D eigenvalue weighted by atomic mass is 32.2. The second-order valence-corrected chi connectivity index (χ2v) is 10.7. The Balaban J connectivity index is 1.28. The number of esters is 1. The molecule has 2 nitrogen and oxygen atoms in total. The summed E-state index contributed by atoms with van der Waals surface area (Å²) in [6.07, 6.45) is 14.1. The van der Waals surface area contributed by atoms with Gasteiger partial charge in [0.25, 0.3) is 0 Å². The molecule has 0 aliphatic heterocycles. The lowest BCUT2D eigenvalue weighted by Crippen LogP contribution is -2.48. The van der Waals surface area contributed by atoms with Crippen LogP contribution in [0.3, 0.4) is 0 Å². The van der Waals surface area contributed by atoms with Gasteiger partial charge in [-0.05, 0) is 88.2 Å². The van der Waals surface area contributed by atoms with Gasteiger partial charge in [0.05, 0.1) is 6.61 Å². The van der Waals surface area contributed by atoms with Crippen LogP contribution < -0.4 is 0 Å². The van der Waals surface area contributed by atoms with E-state index in [1.165, 1.54) is 50.7 Å². The molecule has 1 unspecified atom stereocenters. The third kappa shape index (κ3) is 5.09. The predicted octanol–water partition coefficient (Wildman–Crippen LogP) is 5.50. The quantitative estimate of drug-likeness (QED) is 0.312. The van der Waals surface area contributed by atoms with Crippen molar-refractivity contribution in [3.8, 4) is 0 Å². The molecule has 4 rings (SSSR count). The van der Waals surface area contributed by atoms with Crippen LogP contribution in [0.5, 0.6) is 0 Å². The van der Waals surface area contributed by atoms with Crippen molar-refractivity contribution in [3.05, 3.63) is 0 Å². The summed E-state index contributed by atoms with van der Waals surface area (Å²) in [4.78, 5) is 11.3. The minimum Gasteiger partial charge on any atom is -0.466 e. The predicted molar refractivity (Wildman–Crippen MR) is 106 cm³/mol. The molecule has 4 aliphatic rings. The molecule has 24 heavy (non-hydrogen) atoms. The van der Waals surface area contributed by atoms with Crippen molar-refractivity contribution in [1.82, 2.24) is 0 Å². The van der Waals surface area contributed by atoms with Crippen LogP contribution in [0.15, 0.2) is 0 Å². The maximum Gasteiger partial charge on any atom is 0.305 e. The molecule has 4 aliphatic carbocycles. The lowest BCUT2D eigenvalue weighted by Gasteiger charge is -2.56. The van der Waals surface area contributed by atoms with Crippen LogP contribution in [-0.2, 0) is 9.53 Å². The highest BCUT2D eigenvalue weighted by molar-refractivity contribution is 8.00. The maximum absolute atomic E-state index is 11.3. The number of carbonyl (C=O) groups excluding carboxylic acids is 1. The molecule has 0 heterocycles. The minimum absolute atomic E-state index is 0.0504. The maximum atomic E-state index is 11.3. The highest BCUT2D eigenvalue weighted by Gasteiger charge is 2.50. The van der Waals surface area contributed by atoms with E-state index in [4.69, 9.17) is 17.4 Å². The van der Waals surface area contributed by atoms with Crippen LogP contribution in [0.25, 0.3) is 0 Å². The van der Waals surface area contributed by atoms with Crippen molar-refractivity contribution in [3.63, 3.8) is 0 Å². The van der Waals surface area contributed by atoms with E-state index < -0.39 is 0 Å². The lowest BCUT2D eigenvalue weighted by atomic mass is 9.56. The number of unbranched alkanes of at least 4 members (excludes halogenated alkanes) is 1. The van der Waals surface area contributed by atoms with E-state index in [0.717, 1.165) is 37.0 Å². The number of rotatable bonds is 10. The highest BCUT2D eigenvalue weighted by Crippen LogP contribution is 2.60. The second-order valence-electron chi connectivity index (χ2n) is 8.44. The number of thiol groups is 1. The van der Waals surface area contributed by atoms with Gasteiger partial charge in [-0.2, -0.15) is 24.4 Å². The first kappa shape index (κ1) is 18.9. The van der Waals surface area contributed by atoms with Crippen molar-refractivity contribution >= 4 is 30.4 Å². The van der Waals surface area contributed by atoms with Crippen molar-refractivity contribution in [1.29, 1.82) is 0 Å². The van der Waals surface area contributed by atoms with E-state index >= 15 is 0 Å². The van der Waals surface area contributed by atoms with Crippen molar-refractivity contribution in [2.75, 3.05) is 12.4 Å². The summed E-state index contributed by atoms with van der Waals surface area (Å²) in [7, 11) is 0. The van der Waals surface area contributed by atoms with Crippen LogP contribution in [0.4, 0.5) is 0 Å². The Morgan fingerprint density at radius 1 is 1.12 bits per heavy atom. The van der Waals surface area contributed by atoms with E-state index in [1.807, 2.05) is 6.92 Å². The Morgan fingerprint density at radius 2 is 1.75 bits per heavy atom. The van der Waals surface area contributed by atoms with Gasteiger partial charge < -0.3 is 4.74 Å². The summed E-state index contributed by atoms with van der Waals surface area (Å²) >= 11 is 7.07. The first-order valence-corrected chi connectivity index (χ1v) is 11.6. The number of hydrogen-bond acceptors (Lipinski definition) is 4. The summed E-state index contributed by atoms with van der Waals surface area (Å²) in [6.45, 7) is 2.36. The Labute approximate surface area is 157 Å². The van der Waals surface area contributed by atoms with Crippen molar-refractivity contribution in [2.45, 2.75) is 87.5 Å². The van der Waals surface area contributed by atoms with Gasteiger partial charge in [-0.1, -0.05) is 6.42 Å². The first-order valence-electron chi connectivity index (χ1n) is 10.1. The molecule has 4 bridgehead atoms. The van der Waals surface area contributed by atoms with Gasteiger partial charge in [-0.3, -0.25) is 4.79 Å². The Kier molecular flexibility index (Phi) is 6.87. The van der Waals surface area contributed by atoms with Gasteiger partial charge >= 0.3 is 5.97 Å². The van der Waals surface area contributed by atoms with E-state index in [-0.39, 0.29) is 5.97 Å². The zero-order valence-corrected chi connectivity index (χ0v) is 16.9. The van der Waals surface area contributed by atoms with Crippen LogP contribution in [0.2, 0.25) is 0 Å². The van der Waals surface area contributed by atoms with E-state index in [9.17, 15) is 4.79 Å². The van der Waals surface area contributed by atoms with E-state index in [1.54, 1.807) is 0 Å². The molecular weight excluding hydrogens is 336 g/mol. The molecule has 0 amide bonds. The molecule has 0 N–H and O–H groups in total. The average molecular weight is 371 g/mol. The molecule has 0 saturated heterocycles. The Bertz CT molecular complexity index is 389. The second kappa shape index (κ2) is 8.70. The molecule has 0 aromatic carbocycles. The number of ether oxygens (including phenoxy) is 1. The summed E-state index contributed by atoms with van der Waals surface area (Å²) in [5, 5.41) is 0.494. The average Bonchev–Trinajstić information content (AvgIpc) is 2.50. The zero-order chi connectivity index (χ0) is 17.0. The number of hydrogen-bond donors (Lipinski definition) is 1. The molecule has 4 saturated carbocycles. The summed E-state index contributed by atoms with van der Waals surface area (Å²) in [5.74, 6) is 4.39.